The van der Waals surface area contributed by atoms with Crippen LogP contribution in [0.15, 0.2) is 53.4 Å². The molecule has 2 aromatic carbocycles. The van der Waals surface area contributed by atoms with E-state index < -0.39 is 14.9 Å². The van der Waals surface area contributed by atoms with Crippen LogP contribution in [0.3, 0.4) is 0 Å². The number of nitro benzene ring substituents is 1. The summed E-state index contributed by atoms with van der Waals surface area (Å²) in [4.78, 5) is 9.90. The maximum atomic E-state index is 12.2. The minimum Gasteiger partial charge on any atom is -0.388 e. The monoisotopic (exact) mass is 307 g/mol. The Morgan fingerprint density at radius 3 is 2.24 bits per heavy atom. The highest BCUT2D eigenvalue weighted by Gasteiger charge is 2.17. The molecule has 21 heavy (non-hydrogen) atoms. The number of nitrogens with one attached hydrogen (secondary N) is 2. The van der Waals surface area contributed by atoms with E-state index in [1.54, 1.807) is 31.3 Å². The number of anilines is 2. The summed E-state index contributed by atoms with van der Waals surface area (Å²) in [5, 5.41) is 13.6. The highest BCUT2D eigenvalue weighted by Crippen LogP contribution is 2.21. The zero-order valence-electron chi connectivity index (χ0n) is 11.1. The first-order chi connectivity index (χ1) is 9.92. The van der Waals surface area contributed by atoms with Gasteiger partial charge in [0, 0.05) is 30.6 Å². The van der Waals surface area contributed by atoms with Gasteiger partial charge < -0.3 is 5.32 Å². The van der Waals surface area contributed by atoms with Crippen molar-refractivity contribution in [3.05, 3.63) is 58.6 Å². The van der Waals surface area contributed by atoms with Crippen molar-refractivity contribution in [1.29, 1.82) is 0 Å². The molecule has 0 atom stereocenters. The molecule has 0 bridgehead atoms. The number of sulfonamides is 1. The number of nitrogens with zero attached hydrogens (tertiary/aromatic N) is 1. The standard InChI is InChI=1S/C13H13N3O4S/c1-14-10-5-7-11(8-6-10)15-21(19,20)13-4-2-3-12(9-13)16(17)18/h2-9,14-15H,1H3. The van der Waals surface area contributed by atoms with Gasteiger partial charge in [0.25, 0.3) is 15.7 Å². The number of non-ortho nitro benzene ring substituents is 1. The first-order valence-electron chi connectivity index (χ1n) is 5.97. The summed E-state index contributed by atoms with van der Waals surface area (Å²) in [6.45, 7) is 0. The largest absolute Gasteiger partial charge is 0.388 e. The molecule has 0 saturated heterocycles. The molecule has 0 aliphatic carbocycles. The van der Waals surface area contributed by atoms with E-state index in [2.05, 4.69) is 10.0 Å². The molecule has 0 aliphatic rings. The molecule has 0 spiro atoms. The summed E-state index contributed by atoms with van der Waals surface area (Å²) < 4.78 is 26.7. The molecule has 0 unspecified atom stereocenters. The van der Waals surface area contributed by atoms with Crippen LogP contribution in [0, 0.1) is 10.1 Å². The van der Waals surface area contributed by atoms with Gasteiger partial charge in [-0.1, -0.05) is 6.07 Å². The second-order valence-electron chi connectivity index (χ2n) is 4.19. The van der Waals surface area contributed by atoms with Crippen LogP contribution in [0.25, 0.3) is 0 Å². The average molecular weight is 307 g/mol. The Kier molecular flexibility index (Phi) is 4.08. The number of hydrogen-bond acceptors (Lipinski definition) is 5. The molecule has 0 radical (unpaired) electrons. The lowest BCUT2D eigenvalue weighted by atomic mass is 10.3. The van der Waals surface area contributed by atoms with Gasteiger partial charge in [-0.05, 0) is 30.3 Å². The van der Waals surface area contributed by atoms with Gasteiger partial charge in [-0.2, -0.15) is 0 Å². The summed E-state index contributed by atoms with van der Waals surface area (Å²) in [6.07, 6.45) is 0. The predicted octanol–water partition coefficient (Wildman–Crippen LogP) is 2.44. The van der Waals surface area contributed by atoms with Crippen molar-refractivity contribution in [2.45, 2.75) is 4.90 Å². The summed E-state index contributed by atoms with van der Waals surface area (Å²) in [6, 6.07) is 11.5. The van der Waals surface area contributed by atoms with Crippen molar-refractivity contribution in [2.75, 3.05) is 17.1 Å². The van der Waals surface area contributed by atoms with E-state index in [0.29, 0.717) is 5.69 Å². The van der Waals surface area contributed by atoms with E-state index in [-0.39, 0.29) is 10.6 Å². The Labute approximate surface area is 121 Å². The van der Waals surface area contributed by atoms with Crippen molar-refractivity contribution in [1.82, 2.24) is 0 Å². The summed E-state index contributed by atoms with van der Waals surface area (Å²) >= 11 is 0. The van der Waals surface area contributed by atoms with Gasteiger partial charge in [-0.15, -0.1) is 0 Å². The van der Waals surface area contributed by atoms with Gasteiger partial charge in [0.05, 0.1) is 9.82 Å². The lowest BCUT2D eigenvalue weighted by Gasteiger charge is -2.08. The zero-order valence-corrected chi connectivity index (χ0v) is 11.9. The normalized spacial score (nSPS) is 10.9. The molecule has 0 heterocycles. The van der Waals surface area contributed by atoms with Crippen molar-refractivity contribution < 1.29 is 13.3 Å². The maximum Gasteiger partial charge on any atom is 0.270 e. The van der Waals surface area contributed by atoms with Crippen LogP contribution in [-0.2, 0) is 10.0 Å². The molecule has 110 valence electrons. The highest BCUT2D eigenvalue weighted by molar-refractivity contribution is 7.92. The molecule has 7 nitrogen and oxygen atoms in total. The lowest BCUT2D eigenvalue weighted by molar-refractivity contribution is -0.385. The minimum atomic E-state index is -3.86. The number of nitro groups is 1. The van der Waals surface area contributed by atoms with E-state index in [1.807, 2.05) is 0 Å². The highest BCUT2D eigenvalue weighted by atomic mass is 32.2. The van der Waals surface area contributed by atoms with Crippen LogP contribution in [0.1, 0.15) is 0 Å². The number of rotatable bonds is 5. The second-order valence-corrected chi connectivity index (χ2v) is 5.87. The fourth-order valence-corrected chi connectivity index (χ4v) is 2.78. The SMILES string of the molecule is CNc1ccc(NS(=O)(=O)c2cccc([N+](=O)[O-])c2)cc1. The first-order valence-corrected chi connectivity index (χ1v) is 7.46. The summed E-state index contributed by atoms with van der Waals surface area (Å²) in [5.41, 5.74) is 0.942. The number of benzene rings is 2. The molecule has 0 aliphatic heterocycles. The molecule has 8 heteroatoms. The predicted molar refractivity (Wildman–Crippen MR) is 79.9 cm³/mol. The Hall–Kier alpha value is -2.61. The van der Waals surface area contributed by atoms with Crippen LogP contribution in [-0.4, -0.2) is 20.4 Å². The van der Waals surface area contributed by atoms with Gasteiger partial charge >= 0.3 is 0 Å². The van der Waals surface area contributed by atoms with Gasteiger partial charge in [-0.25, -0.2) is 8.42 Å². The minimum absolute atomic E-state index is 0.158. The van der Waals surface area contributed by atoms with E-state index in [0.717, 1.165) is 11.8 Å². The fraction of sp³-hybridized carbons (Fsp3) is 0.0769. The maximum absolute atomic E-state index is 12.2. The van der Waals surface area contributed by atoms with Crippen LogP contribution >= 0.6 is 0 Å². The summed E-state index contributed by atoms with van der Waals surface area (Å²) in [5.74, 6) is 0. The van der Waals surface area contributed by atoms with Crippen molar-refractivity contribution in [3.63, 3.8) is 0 Å². The van der Waals surface area contributed by atoms with Gasteiger partial charge in [-0.3, -0.25) is 14.8 Å². The topological polar surface area (TPSA) is 101 Å². The Morgan fingerprint density at radius 2 is 1.67 bits per heavy atom. The molecule has 0 saturated carbocycles. The molecule has 2 aromatic rings. The van der Waals surface area contributed by atoms with Gasteiger partial charge in [0.2, 0.25) is 0 Å². The van der Waals surface area contributed by atoms with Crippen LogP contribution in [0.5, 0.6) is 0 Å². The van der Waals surface area contributed by atoms with Crippen molar-refractivity contribution in [3.8, 4) is 0 Å². The van der Waals surface area contributed by atoms with E-state index >= 15 is 0 Å². The lowest BCUT2D eigenvalue weighted by Crippen LogP contribution is -2.13. The summed E-state index contributed by atoms with van der Waals surface area (Å²) in [7, 11) is -2.11. The molecule has 0 aromatic heterocycles. The second kappa shape index (κ2) is 5.80. The van der Waals surface area contributed by atoms with Crippen LogP contribution in [0.4, 0.5) is 17.1 Å². The van der Waals surface area contributed by atoms with E-state index in [4.69, 9.17) is 0 Å². The quantitative estimate of drug-likeness (QED) is 0.652. The van der Waals surface area contributed by atoms with Gasteiger partial charge in [0.1, 0.15) is 0 Å². The Balaban J connectivity index is 2.29. The molecule has 2 N–H and O–H groups in total. The van der Waals surface area contributed by atoms with Crippen molar-refractivity contribution in [2.24, 2.45) is 0 Å². The molecular weight excluding hydrogens is 294 g/mol. The zero-order chi connectivity index (χ0) is 15.5. The van der Waals surface area contributed by atoms with Gasteiger partial charge in [0.15, 0.2) is 0 Å². The van der Waals surface area contributed by atoms with Crippen LogP contribution < -0.4 is 10.0 Å². The van der Waals surface area contributed by atoms with Crippen molar-refractivity contribution >= 4 is 27.1 Å². The molecule has 0 amide bonds. The van der Waals surface area contributed by atoms with Crippen LogP contribution in [0.2, 0.25) is 0 Å². The van der Waals surface area contributed by atoms with E-state index in [9.17, 15) is 18.5 Å². The number of hydrogen-bond donors (Lipinski definition) is 2. The third-order valence-electron chi connectivity index (χ3n) is 2.76. The third-order valence-corrected chi connectivity index (χ3v) is 4.14. The van der Waals surface area contributed by atoms with E-state index in [1.165, 1.54) is 18.2 Å². The third kappa shape index (κ3) is 3.48. The molecule has 2 rings (SSSR count). The molecular formula is C13H13N3O4S. The average Bonchev–Trinajstić information content (AvgIpc) is 2.48. The Morgan fingerprint density at radius 1 is 1.05 bits per heavy atom. The fourth-order valence-electron chi connectivity index (χ4n) is 1.68. The first kappa shape index (κ1) is 14.8. The Bertz CT molecular complexity index is 757. The smallest absolute Gasteiger partial charge is 0.270 e. The molecule has 0 fully saturated rings.